The number of amides is 1. The molecule has 3 aromatic carbocycles. The quantitative estimate of drug-likeness (QED) is 0.356. The molecule has 1 amide bonds. The van der Waals surface area contributed by atoms with Crippen molar-refractivity contribution in [2.75, 3.05) is 0 Å². The van der Waals surface area contributed by atoms with Crippen molar-refractivity contribution in [2.45, 2.75) is 20.1 Å². The van der Waals surface area contributed by atoms with E-state index < -0.39 is 0 Å². The fourth-order valence-corrected chi connectivity index (χ4v) is 3.62. The maximum Gasteiger partial charge on any atom is 0.251 e. The van der Waals surface area contributed by atoms with E-state index in [1.54, 1.807) is 31.2 Å². The van der Waals surface area contributed by atoms with Crippen molar-refractivity contribution in [1.82, 2.24) is 25.2 Å². The highest BCUT2D eigenvalue weighted by atomic mass is 16.5. The zero-order chi connectivity index (χ0) is 24.0. The van der Waals surface area contributed by atoms with Crippen LogP contribution >= 0.6 is 0 Å². The Morgan fingerprint density at radius 3 is 2.37 bits per heavy atom. The van der Waals surface area contributed by atoms with Gasteiger partial charge in [-0.05, 0) is 36.4 Å². The molecule has 0 aliphatic carbocycles. The van der Waals surface area contributed by atoms with E-state index in [0.29, 0.717) is 29.6 Å². The molecule has 0 saturated heterocycles. The van der Waals surface area contributed by atoms with E-state index in [1.807, 2.05) is 71.5 Å². The van der Waals surface area contributed by atoms with Crippen molar-refractivity contribution in [3.8, 4) is 22.7 Å². The summed E-state index contributed by atoms with van der Waals surface area (Å²) in [6, 6.07) is 26.8. The van der Waals surface area contributed by atoms with Crippen LogP contribution in [0.4, 0.5) is 0 Å². The number of benzene rings is 3. The van der Waals surface area contributed by atoms with Gasteiger partial charge in [-0.2, -0.15) is 10.1 Å². The molecule has 0 spiro atoms. The van der Waals surface area contributed by atoms with Crippen molar-refractivity contribution < 1.29 is 14.1 Å². The van der Waals surface area contributed by atoms with Crippen LogP contribution in [0.15, 0.2) is 95.6 Å². The molecular weight excluding hydrogens is 442 g/mol. The van der Waals surface area contributed by atoms with E-state index in [9.17, 15) is 4.79 Å². The number of hydrogen-bond donors (Lipinski definition) is 1. The molecule has 2 aromatic heterocycles. The van der Waals surface area contributed by atoms with Crippen molar-refractivity contribution in [1.29, 1.82) is 0 Å². The van der Waals surface area contributed by atoms with Crippen LogP contribution in [0.5, 0.6) is 5.75 Å². The zero-order valence-corrected chi connectivity index (χ0v) is 19.1. The minimum atomic E-state index is -0.184. The third-order valence-electron chi connectivity index (χ3n) is 5.35. The lowest BCUT2D eigenvalue weighted by Crippen LogP contribution is -2.22. The van der Waals surface area contributed by atoms with Gasteiger partial charge in [-0.1, -0.05) is 53.7 Å². The van der Waals surface area contributed by atoms with Gasteiger partial charge in [-0.3, -0.25) is 4.79 Å². The van der Waals surface area contributed by atoms with Gasteiger partial charge in [-0.15, -0.1) is 0 Å². The van der Waals surface area contributed by atoms with Crippen LogP contribution in [0.2, 0.25) is 0 Å². The van der Waals surface area contributed by atoms with Crippen molar-refractivity contribution >= 4 is 5.91 Å². The Labute approximate surface area is 202 Å². The van der Waals surface area contributed by atoms with Crippen LogP contribution in [0.25, 0.3) is 16.9 Å². The first-order valence-electron chi connectivity index (χ1n) is 11.2. The molecule has 0 unspecified atom stereocenters. The van der Waals surface area contributed by atoms with Gasteiger partial charge < -0.3 is 14.6 Å². The minimum Gasteiger partial charge on any atom is -0.485 e. The van der Waals surface area contributed by atoms with E-state index in [0.717, 1.165) is 22.5 Å². The topological polar surface area (TPSA) is 95.1 Å². The van der Waals surface area contributed by atoms with Crippen LogP contribution in [0, 0.1) is 6.92 Å². The lowest BCUT2D eigenvalue weighted by atomic mass is 10.1. The summed E-state index contributed by atoms with van der Waals surface area (Å²) in [5, 5.41) is 11.6. The van der Waals surface area contributed by atoms with Crippen LogP contribution in [-0.2, 0) is 13.2 Å². The second-order valence-electron chi connectivity index (χ2n) is 7.87. The second-order valence-corrected chi connectivity index (χ2v) is 7.87. The van der Waals surface area contributed by atoms with Gasteiger partial charge in [0.2, 0.25) is 11.7 Å². The maximum absolute atomic E-state index is 12.8. The summed E-state index contributed by atoms with van der Waals surface area (Å²) in [5.41, 5.74) is 4.22. The second kappa shape index (κ2) is 10.0. The van der Waals surface area contributed by atoms with E-state index in [4.69, 9.17) is 14.4 Å². The molecule has 0 aliphatic rings. The molecule has 1 N–H and O–H groups in total. The van der Waals surface area contributed by atoms with E-state index in [1.165, 1.54) is 0 Å². The molecule has 0 aliphatic heterocycles. The fraction of sp³-hybridized carbons (Fsp3) is 0.111. The first kappa shape index (κ1) is 22.1. The SMILES string of the molecule is Cc1nc(COc2ccc(C(=O)NCc3cn(-c4ccccc4)nc3-c3ccccc3)cc2)no1. The smallest absolute Gasteiger partial charge is 0.251 e. The molecule has 8 heteroatoms. The number of nitrogens with one attached hydrogen (secondary N) is 1. The van der Waals surface area contributed by atoms with Crippen molar-refractivity contribution in [3.05, 3.63) is 114 Å². The standard InChI is InChI=1S/C27H23N5O3/c1-19-29-25(31-35-19)18-34-24-14-12-21(13-15-24)27(33)28-16-22-17-32(23-10-6-3-7-11-23)30-26(22)20-8-4-2-5-9-20/h2-15,17H,16,18H2,1H3,(H,28,33). The Morgan fingerprint density at radius 2 is 1.69 bits per heavy atom. The fourth-order valence-electron chi connectivity index (χ4n) is 3.62. The third kappa shape index (κ3) is 5.27. The molecule has 0 saturated carbocycles. The molecule has 0 fully saturated rings. The number of aryl methyl sites for hydroxylation is 1. The highest BCUT2D eigenvalue weighted by Gasteiger charge is 2.14. The van der Waals surface area contributed by atoms with E-state index in [2.05, 4.69) is 15.5 Å². The highest BCUT2D eigenvalue weighted by Crippen LogP contribution is 2.24. The minimum absolute atomic E-state index is 0.184. The Bertz CT molecular complexity index is 1410. The van der Waals surface area contributed by atoms with E-state index in [-0.39, 0.29) is 12.5 Å². The summed E-state index contributed by atoms with van der Waals surface area (Å²) in [6.45, 7) is 2.25. The summed E-state index contributed by atoms with van der Waals surface area (Å²) in [6.07, 6.45) is 1.95. The number of hydrogen-bond acceptors (Lipinski definition) is 6. The maximum atomic E-state index is 12.8. The molecule has 2 heterocycles. The summed E-state index contributed by atoms with van der Waals surface area (Å²) < 4.78 is 12.4. The number of aromatic nitrogens is 4. The van der Waals surface area contributed by atoms with Crippen molar-refractivity contribution in [3.63, 3.8) is 0 Å². The normalized spacial score (nSPS) is 10.8. The number of carbonyl (C=O) groups excluding carboxylic acids is 1. The first-order chi connectivity index (χ1) is 17.2. The van der Waals surface area contributed by atoms with Crippen LogP contribution in [-0.4, -0.2) is 25.8 Å². The van der Waals surface area contributed by atoms with Crippen LogP contribution in [0.1, 0.15) is 27.6 Å². The molecule has 35 heavy (non-hydrogen) atoms. The molecule has 0 radical (unpaired) electrons. The summed E-state index contributed by atoms with van der Waals surface area (Å²) in [7, 11) is 0. The Morgan fingerprint density at radius 1 is 0.971 bits per heavy atom. The van der Waals surface area contributed by atoms with Crippen LogP contribution in [0.3, 0.4) is 0 Å². The molecular formula is C27H23N5O3. The monoisotopic (exact) mass is 465 g/mol. The lowest BCUT2D eigenvalue weighted by molar-refractivity contribution is 0.0951. The van der Waals surface area contributed by atoms with Gasteiger partial charge in [0.1, 0.15) is 5.75 Å². The van der Waals surface area contributed by atoms with Crippen LogP contribution < -0.4 is 10.1 Å². The Hall–Kier alpha value is -4.72. The molecule has 5 aromatic rings. The molecule has 174 valence electrons. The third-order valence-corrected chi connectivity index (χ3v) is 5.35. The van der Waals surface area contributed by atoms with Gasteiger partial charge >= 0.3 is 0 Å². The predicted octanol–water partition coefficient (Wildman–Crippen LogP) is 4.74. The summed E-state index contributed by atoms with van der Waals surface area (Å²) in [5.74, 6) is 1.38. The van der Waals surface area contributed by atoms with Gasteiger partial charge in [-0.25, -0.2) is 4.68 Å². The van der Waals surface area contributed by atoms with Gasteiger partial charge in [0.15, 0.2) is 6.61 Å². The molecule has 5 rings (SSSR count). The Balaban J connectivity index is 1.28. The molecule has 0 bridgehead atoms. The van der Waals surface area contributed by atoms with Gasteiger partial charge in [0, 0.05) is 36.4 Å². The average molecular weight is 466 g/mol. The average Bonchev–Trinajstić information content (AvgIpc) is 3.53. The first-order valence-corrected chi connectivity index (χ1v) is 11.2. The summed E-state index contributed by atoms with van der Waals surface area (Å²) >= 11 is 0. The number of carbonyl (C=O) groups is 1. The molecule has 8 nitrogen and oxygen atoms in total. The summed E-state index contributed by atoms with van der Waals surface area (Å²) in [4.78, 5) is 16.9. The van der Waals surface area contributed by atoms with E-state index >= 15 is 0 Å². The number of rotatable bonds is 8. The number of nitrogens with zero attached hydrogens (tertiary/aromatic N) is 4. The van der Waals surface area contributed by atoms with Gasteiger partial charge in [0.25, 0.3) is 5.91 Å². The lowest BCUT2D eigenvalue weighted by Gasteiger charge is -2.07. The predicted molar refractivity (Wildman–Crippen MR) is 130 cm³/mol. The van der Waals surface area contributed by atoms with Crippen molar-refractivity contribution in [2.24, 2.45) is 0 Å². The Kier molecular flexibility index (Phi) is 6.34. The van der Waals surface area contributed by atoms with Gasteiger partial charge in [0.05, 0.1) is 11.4 Å². The molecule has 0 atom stereocenters. The largest absolute Gasteiger partial charge is 0.485 e. The number of ether oxygens (including phenoxy) is 1. The highest BCUT2D eigenvalue weighted by molar-refractivity contribution is 5.94. The zero-order valence-electron chi connectivity index (χ0n) is 19.1. The number of para-hydroxylation sites is 1.